The van der Waals surface area contributed by atoms with E-state index in [2.05, 4.69) is 0 Å². The van der Waals surface area contributed by atoms with E-state index in [1.54, 1.807) is 30.3 Å². The third-order valence-corrected chi connectivity index (χ3v) is 3.81. The van der Waals surface area contributed by atoms with Gasteiger partial charge in [0.05, 0.1) is 34.4 Å². The summed E-state index contributed by atoms with van der Waals surface area (Å²) >= 11 is 0. The molecule has 0 aliphatic rings. The Labute approximate surface area is 146 Å². The van der Waals surface area contributed by atoms with Gasteiger partial charge in [0.15, 0.2) is 23.1 Å². The fraction of sp³-hybridized carbons (Fsp3) is 0.263. The van der Waals surface area contributed by atoms with Gasteiger partial charge in [0.1, 0.15) is 5.75 Å². The zero-order valence-corrected chi connectivity index (χ0v) is 14.4. The molecular formula is C19H20O6. The van der Waals surface area contributed by atoms with Crippen LogP contribution >= 0.6 is 0 Å². The summed E-state index contributed by atoms with van der Waals surface area (Å²) in [6.45, 7) is -0.192. The Kier molecular flexibility index (Phi) is 6.14. The summed E-state index contributed by atoms with van der Waals surface area (Å²) in [4.78, 5) is 24.8. The number of ether oxygens (including phenoxy) is 3. The minimum absolute atomic E-state index is 0.192. The van der Waals surface area contributed by atoms with Crippen molar-refractivity contribution < 1.29 is 28.9 Å². The average Bonchev–Trinajstić information content (AvgIpc) is 2.66. The van der Waals surface area contributed by atoms with Crippen LogP contribution in [0.2, 0.25) is 0 Å². The van der Waals surface area contributed by atoms with Crippen molar-refractivity contribution in [2.45, 2.75) is 13.0 Å². The van der Waals surface area contributed by atoms with Crippen molar-refractivity contribution in [2.75, 3.05) is 21.3 Å². The van der Waals surface area contributed by atoms with Gasteiger partial charge in [-0.05, 0) is 24.3 Å². The molecule has 0 bridgehead atoms. The number of methoxy groups -OCH3 is 3. The van der Waals surface area contributed by atoms with Crippen LogP contribution in [0.1, 0.15) is 32.7 Å². The number of ketones is 2. The molecular weight excluding hydrogens is 324 g/mol. The molecule has 0 aliphatic carbocycles. The monoisotopic (exact) mass is 344 g/mol. The number of rotatable bonds is 8. The van der Waals surface area contributed by atoms with Crippen molar-refractivity contribution in [3.05, 3.63) is 53.1 Å². The lowest BCUT2D eigenvalue weighted by Crippen LogP contribution is -2.09. The van der Waals surface area contributed by atoms with E-state index in [0.717, 1.165) is 0 Å². The van der Waals surface area contributed by atoms with Gasteiger partial charge in [-0.3, -0.25) is 9.59 Å². The zero-order valence-electron chi connectivity index (χ0n) is 14.4. The van der Waals surface area contributed by atoms with Crippen LogP contribution in [0, 0.1) is 0 Å². The summed E-state index contributed by atoms with van der Waals surface area (Å²) in [6, 6.07) is 9.45. The van der Waals surface area contributed by atoms with Crippen molar-refractivity contribution in [1.29, 1.82) is 0 Å². The first-order valence-electron chi connectivity index (χ1n) is 7.60. The Hall–Kier alpha value is -2.86. The predicted octanol–water partition coefficient (Wildman–Crippen LogP) is 2.66. The number of aliphatic hydroxyl groups is 1. The van der Waals surface area contributed by atoms with Crippen molar-refractivity contribution in [3.8, 4) is 17.2 Å². The molecule has 0 aliphatic heterocycles. The Morgan fingerprint density at radius 3 is 1.84 bits per heavy atom. The molecule has 0 aromatic heterocycles. The van der Waals surface area contributed by atoms with Crippen LogP contribution in [0.3, 0.4) is 0 Å². The fourth-order valence-electron chi connectivity index (χ4n) is 2.41. The summed E-state index contributed by atoms with van der Waals surface area (Å²) < 4.78 is 15.4. The smallest absolute Gasteiger partial charge is 0.170 e. The van der Waals surface area contributed by atoms with E-state index in [9.17, 15) is 14.7 Å². The zero-order chi connectivity index (χ0) is 18.4. The highest BCUT2D eigenvalue weighted by Gasteiger charge is 2.17. The van der Waals surface area contributed by atoms with Gasteiger partial charge in [-0.15, -0.1) is 0 Å². The van der Waals surface area contributed by atoms with Crippen LogP contribution in [0.15, 0.2) is 36.4 Å². The average molecular weight is 344 g/mol. The second kappa shape index (κ2) is 8.30. The fourth-order valence-corrected chi connectivity index (χ4v) is 2.41. The molecule has 1 N–H and O–H groups in total. The Morgan fingerprint density at radius 1 is 0.800 bits per heavy atom. The Morgan fingerprint density at radius 2 is 1.32 bits per heavy atom. The van der Waals surface area contributed by atoms with Crippen LogP contribution in [0.25, 0.3) is 0 Å². The number of carbonyl (C=O) groups excluding carboxylic acids is 2. The molecule has 0 unspecified atom stereocenters. The molecule has 0 heterocycles. The highest BCUT2D eigenvalue weighted by Crippen LogP contribution is 2.28. The van der Waals surface area contributed by atoms with Gasteiger partial charge in [-0.25, -0.2) is 0 Å². The maximum absolute atomic E-state index is 12.4. The molecule has 0 saturated carbocycles. The second-order valence-corrected chi connectivity index (χ2v) is 5.28. The topological polar surface area (TPSA) is 82.1 Å². The summed E-state index contributed by atoms with van der Waals surface area (Å²) in [6.07, 6.45) is -0.281. The number of hydrogen-bond donors (Lipinski definition) is 1. The number of aliphatic hydroxyl groups excluding tert-OH is 1. The highest BCUT2D eigenvalue weighted by molar-refractivity contribution is 6.13. The summed E-state index contributed by atoms with van der Waals surface area (Å²) in [5.41, 5.74) is 1.29. The van der Waals surface area contributed by atoms with Gasteiger partial charge >= 0.3 is 0 Å². The minimum Gasteiger partial charge on any atom is -0.496 e. The number of hydrogen-bond acceptors (Lipinski definition) is 6. The predicted molar refractivity (Wildman–Crippen MR) is 91.7 cm³/mol. The quantitative estimate of drug-likeness (QED) is 0.586. The van der Waals surface area contributed by atoms with Crippen LogP contribution < -0.4 is 14.2 Å². The third kappa shape index (κ3) is 4.16. The molecule has 0 fully saturated rings. The van der Waals surface area contributed by atoms with Crippen LogP contribution in [0.5, 0.6) is 17.2 Å². The van der Waals surface area contributed by atoms with Crippen LogP contribution in [-0.2, 0) is 6.61 Å². The van der Waals surface area contributed by atoms with E-state index >= 15 is 0 Å². The normalized spacial score (nSPS) is 10.2. The van der Waals surface area contributed by atoms with E-state index in [1.807, 2.05) is 0 Å². The number of carbonyl (C=O) groups is 2. The van der Waals surface area contributed by atoms with Gasteiger partial charge < -0.3 is 19.3 Å². The molecule has 2 rings (SSSR count). The summed E-state index contributed by atoms with van der Waals surface area (Å²) in [5.74, 6) is 0.690. The first-order valence-corrected chi connectivity index (χ1v) is 7.60. The number of benzene rings is 2. The lowest BCUT2D eigenvalue weighted by molar-refractivity contribution is 0.0893. The molecule has 2 aromatic carbocycles. The van der Waals surface area contributed by atoms with Gasteiger partial charge in [-0.2, -0.15) is 0 Å². The van der Waals surface area contributed by atoms with E-state index in [4.69, 9.17) is 14.2 Å². The standard InChI is InChI=1S/C19H20O6/c1-23-17-7-6-13(9-19(17)25-3)16(22)10-15(21)12-4-5-14(11-20)18(8-12)24-2/h4-9,20H,10-11H2,1-3H3. The van der Waals surface area contributed by atoms with E-state index in [0.29, 0.717) is 33.9 Å². The molecule has 0 saturated heterocycles. The molecule has 2 aromatic rings. The first-order chi connectivity index (χ1) is 12.0. The first kappa shape index (κ1) is 18.5. The molecule has 6 nitrogen and oxygen atoms in total. The van der Waals surface area contributed by atoms with Crippen molar-refractivity contribution in [1.82, 2.24) is 0 Å². The van der Waals surface area contributed by atoms with Gasteiger partial charge in [0.25, 0.3) is 0 Å². The minimum atomic E-state index is -0.331. The Balaban J connectivity index is 2.19. The van der Waals surface area contributed by atoms with Crippen LogP contribution in [0.4, 0.5) is 0 Å². The third-order valence-electron chi connectivity index (χ3n) is 3.81. The molecule has 6 heteroatoms. The highest BCUT2D eigenvalue weighted by atomic mass is 16.5. The molecule has 0 radical (unpaired) electrons. The molecule has 0 atom stereocenters. The number of Topliss-reactive ketones (excluding diaryl/α,β-unsaturated/α-hetero) is 2. The van der Waals surface area contributed by atoms with Gasteiger partial charge in [0, 0.05) is 16.7 Å². The SMILES string of the molecule is COc1cc(C(=O)CC(=O)c2ccc(OC)c(OC)c2)ccc1CO. The Bertz CT molecular complexity index is 716. The van der Waals surface area contributed by atoms with E-state index < -0.39 is 0 Å². The van der Waals surface area contributed by atoms with Crippen molar-refractivity contribution in [3.63, 3.8) is 0 Å². The van der Waals surface area contributed by atoms with Crippen molar-refractivity contribution >= 4 is 11.6 Å². The summed E-state index contributed by atoms with van der Waals surface area (Å²) in [5, 5.41) is 9.22. The molecule has 0 spiro atoms. The lowest BCUT2D eigenvalue weighted by Gasteiger charge is -2.10. The van der Waals surface area contributed by atoms with E-state index in [-0.39, 0.29) is 24.6 Å². The van der Waals surface area contributed by atoms with Crippen LogP contribution in [-0.4, -0.2) is 38.0 Å². The summed E-state index contributed by atoms with van der Waals surface area (Å²) in [7, 11) is 4.44. The largest absolute Gasteiger partial charge is 0.496 e. The lowest BCUT2D eigenvalue weighted by atomic mass is 10.00. The second-order valence-electron chi connectivity index (χ2n) is 5.28. The maximum atomic E-state index is 12.4. The van der Waals surface area contributed by atoms with E-state index in [1.165, 1.54) is 27.4 Å². The molecule has 25 heavy (non-hydrogen) atoms. The molecule has 132 valence electrons. The van der Waals surface area contributed by atoms with Gasteiger partial charge in [-0.1, -0.05) is 12.1 Å². The van der Waals surface area contributed by atoms with Crippen molar-refractivity contribution in [2.24, 2.45) is 0 Å². The maximum Gasteiger partial charge on any atom is 0.170 e. The van der Waals surface area contributed by atoms with Gasteiger partial charge in [0.2, 0.25) is 0 Å². The molecule has 0 amide bonds.